The summed E-state index contributed by atoms with van der Waals surface area (Å²) in [6, 6.07) is -1.32. The Morgan fingerprint density at radius 3 is 2.27 bits per heavy atom. The number of rotatable bonds is 4. The standard InChI is InChI=1S/C13H16N4O5/c1-6-7(12(18)22-4)9(17-13(19)16-6)8-10(20-2)14-5-15-11(8)21-3/h5,9H,1-4H3,(H2,16,17,19). The van der Waals surface area contributed by atoms with Crippen LogP contribution in [-0.4, -0.2) is 43.3 Å². The molecule has 0 radical (unpaired) electrons. The molecule has 0 aliphatic carbocycles. The molecule has 1 unspecified atom stereocenters. The van der Waals surface area contributed by atoms with E-state index < -0.39 is 18.0 Å². The predicted molar refractivity (Wildman–Crippen MR) is 74.3 cm³/mol. The van der Waals surface area contributed by atoms with Crippen LogP contribution in [0.15, 0.2) is 17.6 Å². The minimum Gasteiger partial charge on any atom is -0.481 e. The summed E-state index contributed by atoms with van der Waals surface area (Å²) in [6.07, 6.45) is 1.26. The van der Waals surface area contributed by atoms with E-state index in [9.17, 15) is 9.59 Å². The second kappa shape index (κ2) is 6.29. The number of allylic oxidation sites excluding steroid dienone is 1. The van der Waals surface area contributed by atoms with Crippen LogP contribution in [0.4, 0.5) is 4.79 Å². The summed E-state index contributed by atoms with van der Waals surface area (Å²) in [5.74, 6) is -0.218. The van der Waals surface area contributed by atoms with Crippen molar-refractivity contribution in [2.24, 2.45) is 0 Å². The van der Waals surface area contributed by atoms with E-state index in [1.165, 1.54) is 27.7 Å². The smallest absolute Gasteiger partial charge is 0.337 e. The number of hydrogen-bond donors (Lipinski definition) is 2. The van der Waals surface area contributed by atoms with Gasteiger partial charge >= 0.3 is 12.0 Å². The molecule has 2 heterocycles. The molecule has 2 amide bonds. The van der Waals surface area contributed by atoms with E-state index in [2.05, 4.69) is 20.6 Å². The summed E-state index contributed by atoms with van der Waals surface area (Å²) in [4.78, 5) is 31.8. The zero-order valence-electron chi connectivity index (χ0n) is 12.6. The molecule has 0 saturated carbocycles. The third-order valence-electron chi connectivity index (χ3n) is 3.16. The van der Waals surface area contributed by atoms with Gasteiger partial charge in [0, 0.05) is 5.70 Å². The summed E-state index contributed by atoms with van der Waals surface area (Å²) in [5, 5.41) is 5.15. The number of urea groups is 1. The van der Waals surface area contributed by atoms with Crippen molar-refractivity contribution in [1.82, 2.24) is 20.6 Å². The highest BCUT2D eigenvalue weighted by Crippen LogP contribution is 2.36. The largest absolute Gasteiger partial charge is 0.481 e. The number of ether oxygens (including phenoxy) is 3. The summed E-state index contributed by atoms with van der Waals surface area (Å²) in [6.45, 7) is 1.60. The van der Waals surface area contributed by atoms with Crippen LogP contribution in [0.2, 0.25) is 0 Å². The van der Waals surface area contributed by atoms with E-state index in [1.54, 1.807) is 6.92 Å². The molecular weight excluding hydrogens is 292 g/mol. The van der Waals surface area contributed by atoms with Crippen LogP contribution in [0.25, 0.3) is 0 Å². The number of methoxy groups -OCH3 is 3. The Kier molecular flexibility index (Phi) is 4.44. The molecule has 1 atom stereocenters. The average molecular weight is 308 g/mol. The van der Waals surface area contributed by atoms with Crippen molar-refractivity contribution in [3.8, 4) is 11.8 Å². The van der Waals surface area contributed by atoms with Crippen LogP contribution >= 0.6 is 0 Å². The summed E-state index contributed by atoms with van der Waals surface area (Å²) >= 11 is 0. The van der Waals surface area contributed by atoms with Gasteiger partial charge in [0.05, 0.1) is 26.9 Å². The number of carbonyl (C=O) groups excluding carboxylic acids is 2. The van der Waals surface area contributed by atoms with Crippen LogP contribution < -0.4 is 20.1 Å². The summed E-state index contributed by atoms with van der Waals surface area (Å²) in [7, 11) is 4.09. The molecule has 0 bridgehead atoms. The molecule has 0 saturated heterocycles. The molecule has 1 aromatic rings. The molecule has 1 aliphatic rings. The maximum absolute atomic E-state index is 12.1. The van der Waals surface area contributed by atoms with Crippen molar-refractivity contribution < 1.29 is 23.8 Å². The highest BCUT2D eigenvalue weighted by molar-refractivity contribution is 5.95. The van der Waals surface area contributed by atoms with E-state index in [0.29, 0.717) is 11.3 Å². The third-order valence-corrected chi connectivity index (χ3v) is 3.16. The first kappa shape index (κ1) is 15.5. The first-order valence-electron chi connectivity index (χ1n) is 6.33. The molecule has 1 aliphatic heterocycles. The number of carbonyl (C=O) groups is 2. The fourth-order valence-electron chi connectivity index (χ4n) is 2.23. The maximum Gasteiger partial charge on any atom is 0.337 e. The number of esters is 1. The van der Waals surface area contributed by atoms with Gasteiger partial charge in [-0.05, 0) is 6.92 Å². The lowest BCUT2D eigenvalue weighted by molar-refractivity contribution is -0.136. The van der Waals surface area contributed by atoms with Crippen LogP contribution in [0.1, 0.15) is 18.5 Å². The van der Waals surface area contributed by atoms with E-state index >= 15 is 0 Å². The van der Waals surface area contributed by atoms with Crippen molar-refractivity contribution in [1.29, 1.82) is 0 Å². The third kappa shape index (κ3) is 2.65. The molecule has 1 aromatic heterocycles. The van der Waals surface area contributed by atoms with Gasteiger partial charge in [-0.3, -0.25) is 0 Å². The molecule has 9 nitrogen and oxygen atoms in total. The first-order chi connectivity index (χ1) is 10.5. The Hall–Kier alpha value is -2.84. The summed E-state index contributed by atoms with van der Waals surface area (Å²) < 4.78 is 15.2. The Labute approximate surface area is 126 Å². The molecule has 22 heavy (non-hydrogen) atoms. The van der Waals surface area contributed by atoms with Gasteiger partial charge < -0.3 is 24.8 Å². The molecular formula is C13H16N4O5. The van der Waals surface area contributed by atoms with Gasteiger partial charge in [-0.1, -0.05) is 0 Å². The molecule has 118 valence electrons. The fraction of sp³-hybridized carbons (Fsp3) is 0.385. The van der Waals surface area contributed by atoms with E-state index in [0.717, 1.165) is 0 Å². The van der Waals surface area contributed by atoms with Crippen LogP contribution in [-0.2, 0) is 9.53 Å². The van der Waals surface area contributed by atoms with Gasteiger partial charge in [-0.15, -0.1) is 0 Å². The molecule has 9 heteroatoms. The topological polar surface area (TPSA) is 112 Å². The van der Waals surface area contributed by atoms with Crippen molar-refractivity contribution in [3.05, 3.63) is 23.2 Å². The van der Waals surface area contributed by atoms with Crippen LogP contribution in [0.5, 0.6) is 11.8 Å². The zero-order valence-corrected chi connectivity index (χ0v) is 12.6. The van der Waals surface area contributed by atoms with Crippen LogP contribution in [0, 0.1) is 0 Å². The van der Waals surface area contributed by atoms with Crippen molar-refractivity contribution in [2.75, 3.05) is 21.3 Å². The molecule has 2 N–H and O–H groups in total. The normalized spacial score (nSPS) is 17.5. The van der Waals surface area contributed by atoms with Gasteiger partial charge in [-0.2, -0.15) is 0 Å². The SMILES string of the molecule is COC(=O)C1=C(C)NC(=O)NC1c1c(OC)ncnc1OC. The van der Waals surface area contributed by atoms with Crippen molar-refractivity contribution >= 4 is 12.0 Å². The number of nitrogens with one attached hydrogen (secondary N) is 2. The highest BCUT2D eigenvalue weighted by Gasteiger charge is 2.36. The fourth-order valence-corrected chi connectivity index (χ4v) is 2.23. The predicted octanol–water partition coefficient (Wildman–Crippen LogP) is 0.295. The molecule has 0 aromatic carbocycles. The van der Waals surface area contributed by atoms with Crippen molar-refractivity contribution in [3.63, 3.8) is 0 Å². The van der Waals surface area contributed by atoms with E-state index in [1.807, 2.05) is 0 Å². The van der Waals surface area contributed by atoms with Gasteiger partial charge in [0.2, 0.25) is 11.8 Å². The van der Waals surface area contributed by atoms with Gasteiger partial charge in [-0.25, -0.2) is 19.6 Å². The number of aromatic nitrogens is 2. The Bertz CT molecular complexity index is 621. The minimum absolute atomic E-state index is 0.188. The lowest BCUT2D eigenvalue weighted by Gasteiger charge is -2.28. The lowest BCUT2D eigenvalue weighted by Crippen LogP contribution is -2.45. The quantitative estimate of drug-likeness (QED) is 0.769. The number of nitrogens with zero attached hydrogens (tertiary/aromatic N) is 2. The average Bonchev–Trinajstić information content (AvgIpc) is 2.52. The number of hydrogen-bond acceptors (Lipinski definition) is 7. The van der Waals surface area contributed by atoms with Crippen molar-refractivity contribution in [2.45, 2.75) is 13.0 Å². The second-order valence-electron chi connectivity index (χ2n) is 4.37. The number of amides is 2. The lowest BCUT2D eigenvalue weighted by atomic mass is 9.96. The molecule has 0 fully saturated rings. The Morgan fingerprint density at radius 1 is 1.18 bits per heavy atom. The zero-order chi connectivity index (χ0) is 16.3. The van der Waals surface area contributed by atoms with Gasteiger partial charge in [0.25, 0.3) is 0 Å². The summed E-state index contributed by atoms with van der Waals surface area (Å²) in [5.41, 5.74) is 0.921. The first-order valence-corrected chi connectivity index (χ1v) is 6.33. The molecule has 0 spiro atoms. The highest BCUT2D eigenvalue weighted by atomic mass is 16.5. The van der Waals surface area contributed by atoms with Gasteiger partial charge in [0.15, 0.2) is 0 Å². The van der Waals surface area contributed by atoms with Crippen LogP contribution in [0.3, 0.4) is 0 Å². The minimum atomic E-state index is -0.854. The van der Waals surface area contributed by atoms with E-state index in [4.69, 9.17) is 14.2 Å². The Morgan fingerprint density at radius 2 is 1.77 bits per heavy atom. The monoisotopic (exact) mass is 308 g/mol. The Balaban J connectivity index is 2.65. The van der Waals surface area contributed by atoms with Gasteiger partial charge in [0.1, 0.15) is 17.9 Å². The molecule has 2 rings (SSSR count). The maximum atomic E-state index is 12.1. The second-order valence-corrected chi connectivity index (χ2v) is 4.37. The van der Waals surface area contributed by atoms with E-state index in [-0.39, 0.29) is 17.3 Å².